The molecule has 0 radical (unpaired) electrons. The van der Waals surface area contributed by atoms with Crippen LogP contribution < -0.4 is 15.4 Å². The van der Waals surface area contributed by atoms with E-state index in [1.807, 2.05) is 18.2 Å². The van der Waals surface area contributed by atoms with Crippen molar-refractivity contribution in [1.29, 1.82) is 0 Å². The van der Waals surface area contributed by atoms with Crippen LogP contribution in [0.4, 0.5) is 0 Å². The number of amides is 3. The zero-order valence-corrected chi connectivity index (χ0v) is 22.0. The maximum Gasteiger partial charge on any atom is 0.271 e. The summed E-state index contributed by atoms with van der Waals surface area (Å²) in [6, 6.07) is 6.08. The molecular weight excluding hydrogens is 484 g/mol. The Kier molecular flexibility index (Phi) is 6.40. The normalized spacial score (nSPS) is 30.4. The average molecular weight is 521 g/mol. The van der Waals surface area contributed by atoms with E-state index < -0.39 is 12.1 Å². The summed E-state index contributed by atoms with van der Waals surface area (Å²) >= 11 is 0. The van der Waals surface area contributed by atoms with Crippen molar-refractivity contribution < 1.29 is 23.9 Å². The second-order valence-electron chi connectivity index (χ2n) is 11.5. The predicted octanol–water partition coefficient (Wildman–Crippen LogP) is 2.65. The quantitative estimate of drug-likeness (QED) is 0.494. The summed E-state index contributed by atoms with van der Waals surface area (Å²) in [4.78, 5) is 58.0. The van der Waals surface area contributed by atoms with Gasteiger partial charge in [0.15, 0.2) is 5.78 Å². The minimum Gasteiger partial charge on any atom is -0.496 e. The molecule has 4 aliphatic rings. The van der Waals surface area contributed by atoms with Crippen molar-refractivity contribution >= 4 is 34.4 Å². The number of benzene rings is 1. The Bertz CT molecular complexity index is 1290. The van der Waals surface area contributed by atoms with Gasteiger partial charge in [-0.05, 0) is 74.0 Å². The van der Waals surface area contributed by atoms with Crippen LogP contribution in [0.1, 0.15) is 55.9 Å². The van der Waals surface area contributed by atoms with E-state index in [1.165, 1.54) is 0 Å². The number of nitrogens with one attached hydrogen (secondary N) is 3. The third kappa shape index (κ3) is 4.07. The van der Waals surface area contributed by atoms with Crippen LogP contribution in [0.15, 0.2) is 24.3 Å². The number of aromatic amines is 1. The van der Waals surface area contributed by atoms with E-state index in [0.717, 1.165) is 30.2 Å². The van der Waals surface area contributed by atoms with Crippen molar-refractivity contribution in [2.24, 2.45) is 29.6 Å². The summed E-state index contributed by atoms with van der Waals surface area (Å²) in [5.41, 5.74) is 1.23. The number of ether oxygens (including phenoxy) is 1. The fraction of sp³-hybridized carbons (Fsp3) is 0.586. The largest absolute Gasteiger partial charge is 0.496 e. The monoisotopic (exact) mass is 520 g/mol. The summed E-state index contributed by atoms with van der Waals surface area (Å²) < 4.78 is 5.47. The number of carbonyl (C=O) groups excluding carboxylic acids is 4. The van der Waals surface area contributed by atoms with Crippen LogP contribution >= 0.6 is 0 Å². The highest BCUT2D eigenvalue weighted by molar-refractivity contribution is 6.02. The van der Waals surface area contributed by atoms with Crippen LogP contribution in [0.5, 0.6) is 5.75 Å². The third-order valence-electron chi connectivity index (χ3n) is 9.61. The molecular formula is C29H36N4O5. The van der Waals surface area contributed by atoms with Crippen LogP contribution in [0.2, 0.25) is 0 Å². The Labute approximate surface area is 222 Å². The zero-order chi connectivity index (χ0) is 26.6. The maximum atomic E-state index is 14.0. The first-order valence-electron chi connectivity index (χ1n) is 14.0. The maximum absolute atomic E-state index is 14.0. The molecule has 2 aromatic rings. The lowest BCUT2D eigenvalue weighted by Gasteiger charge is -2.31. The third-order valence-corrected chi connectivity index (χ3v) is 9.61. The highest BCUT2D eigenvalue weighted by Gasteiger charge is 2.59. The molecule has 9 heteroatoms. The molecule has 3 heterocycles. The van der Waals surface area contributed by atoms with E-state index in [9.17, 15) is 19.2 Å². The fourth-order valence-corrected chi connectivity index (χ4v) is 7.80. The molecule has 2 aliphatic heterocycles. The van der Waals surface area contributed by atoms with Crippen LogP contribution in [-0.4, -0.2) is 65.7 Å². The van der Waals surface area contributed by atoms with Gasteiger partial charge in [0.2, 0.25) is 11.8 Å². The van der Waals surface area contributed by atoms with E-state index in [-0.39, 0.29) is 41.8 Å². The minimum absolute atomic E-state index is 0.0618. The van der Waals surface area contributed by atoms with Gasteiger partial charge in [0.25, 0.3) is 5.91 Å². The smallest absolute Gasteiger partial charge is 0.271 e. The Morgan fingerprint density at radius 2 is 2.00 bits per heavy atom. The van der Waals surface area contributed by atoms with E-state index in [4.69, 9.17) is 4.74 Å². The number of methoxy groups -OCH3 is 1. The number of H-pyrrole nitrogens is 1. The molecule has 2 bridgehead atoms. The summed E-state index contributed by atoms with van der Waals surface area (Å²) in [6.07, 6.45) is 4.59. The Hall–Kier alpha value is -3.36. The van der Waals surface area contributed by atoms with Gasteiger partial charge in [-0.2, -0.15) is 0 Å². The van der Waals surface area contributed by atoms with Crippen LogP contribution in [0.25, 0.3) is 10.9 Å². The molecule has 2 saturated carbocycles. The molecule has 38 heavy (non-hydrogen) atoms. The number of nitrogens with zero attached hydrogens (tertiary/aromatic N) is 1. The second-order valence-corrected chi connectivity index (χ2v) is 11.5. The van der Waals surface area contributed by atoms with Gasteiger partial charge in [-0.15, -0.1) is 0 Å². The van der Waals surface area contributed by atoms with Crippen molar-refractivity contribution in [1.82, 2.24) is 20.5 Å². The van der Waals surface area contributed by atoms with E-state index in [1.54, 1.807) is 25.0 Å². The molecule has 3 N–H and O–H groups in total. The van der Waals surface area contributed by atoms with Crippen molar-refractivity contribution in [2.45, 2.75) is 57.5 Å². The molecule has 6 rings (SSSR count). The number of carbonyl (C=O) groups is 4. The van der Waals surface area contributed by atoms with Crippen molar-refractivity contribution in [2.75, 3.05) is 20.2 Å². The number of Topliss-reactive ketones (excluding diaryl/α,β-unsaturated/α-hetero) is 1. The topological polar surface area (TPSA) is 121 Å². The molecule has 9 nitrogen and oxygen atoms in total. The molecule has 7 unspecified atom stereocenters. The number of rotatable bonds is 8. The zero-order valence-electron chi connectivity index (χ0n) is 22.0. The van der Waals surface area contributed by atoms with Crippen LogP contribution in [-0.2, 0) is 14.4 Å². The SMILES string of the molecule is CCC(=O)C(CC1CCNC1=O)NC(=O)C1C2C3CCC(C3)C2CN1C(=O)c1cc2c(OC)cccc2[nH]1. The molecule has 1 aromatic carbocycles. The van der Waals surface area contributed by atoms with Gasteiger partial charge in [-0.3, -0.25) is 19.2 Å². The molecule has 4 fully saturated rings. The first kappa shape index (κ1) is 24.9. The van der Waals surface area contributed by atoms with Gasteiger partial charge in [0.05, 0.1) is 13.2 Å². The molecule has 2 aliphatic carbocycles. The Morgan fingerprint density at radius 3 is 2.74 bits per heavy atom. The number of hydrogen-bond donors (Lipinski definition) is 3. The molecule has 1 aromatic heterocycles. The number of hydrogen-bond acceptors (Lipinski definition) is 5. The Morgan fingerprint density at radius 1 is 1.18 bits per heavy atom. The van der Waals surface area contributed by atoms with Gasteiger partial charge in [-0.1, -0.05) is 13.0 Å². The molecule has 7 atom stereocenters. The highest BCUT2D eigenvalue weighted by Crippen LogP contribution is 2.57. The first-order valence-corrected chi connectivity index (χ1v) is 14.0. The highest BCUT2D eigenvalue weighted by atomic mass is 16.5. The van der Waals surface area contributed by atoms with E-state index in [2.05, 4.69) is 15.6 Å². The van der Waals surface area contributed by atoms with Crippen molar-refractivity contribution in [3.63, 3.8) is 0 Å². The van der Waals surface area contributed by atoms with Crippen LogP contribution in [0, 0.1) is 29.6 Å². The second kappa shape index (κ2) is 9.75. The lowest BCUT2D eigenvalue weighted by atomic mass is 9.78. The first-order chi connectivity index (χ1) is 18.4. The lowest BCUT2D eigenvalue weighted by Crippen LogP contribution is -2.54. The van der Waals surface area contributed by atoms with Gasteiger partial charge in [0.1, 0.15) is 17.5 Å². The summed E-state index contributed by atoms with van der Waals surface area (Å²) in [6.45, 7) is 2.92. The molecule has 0 spiro atoms. The summed E-state index contributed by atoms with van der Waals surface area (Å²) in [5, 5.41) is 6.66. The average Bonchev–Trinajstić information content (AvgIpc) is 3.74. The van der Waals surface area contributed by atoms with Gasteiger partial charge >= 0.3 is 0 Å². The Balaban J connectivity index is 1.29. The molecule has 3 amide bonds. The molecule has 2 saturated heterocycles. The lowest BCUT2D eigenvalue weighted by molar-refractivity contribution is -0.132. The molecule has 202 valence electrons. The summed E-state index contributed by atoms with van der Waals surface area (Å²) in [5.74, 6) is 1.14. The van der Waals surface area contributed by atoms with Gasteiger partial charge < -0.3 is 25.3 Å². The number of fused-ring (bicyclic) bond motifs is 6. The number of likely N-dealkylation sites (tertiary alicyclic amines) is 1. The fourth-order valence-electron chi connectivity index (χ4n) is 7.80. The van der Waals surface area contributed by atoms with Crippen LogP contribution in [0.3, 0.4) is 0 Å². The minimum atomic E-state index is -0.728. The number of ketones is 1. The van der Waals surface area contributed by atoms with Crippen molar-refractivity contribution in [3.8, 4) is 5.75 Å². The van der Waals surface area contributed by atoms with Gasteiger partial charge in [0, 0.05) is 36.3 Å². The van der Waals surface area contributed by atoms with E-state index in [0.29, 0.717) is 55.1 Å². The predicted molar refractivity (Wildman–Crippen MR) is 140 cm³/mol. The number of aromatic nitrogens is 1. The standard InChI is InChI=1S/C29H36N4O5/c1-3-23(34)21(12-17-9-10-30-27(17)35)32-28(36)26-25-16-8-7-15(11-16)19(25)14-33(26)29(37)22-13-18-20(31-22)5-4-6-24(18)38-2/h4-6,13,15-17,19,21,25-26,31H,3,7-12,14H2,1-2H3,(H,30,35)(H,32,36). The van der Waals surface area contributed by atoms with Crippen molar-refractivity contribution in [3.05, 3.63) is 30.0 Å². The summed E-state index contributed by atoms with van der Waals surface area (Å²) in [7, 11) is 1.60. The van der Waals surface area contributed by atoms with E-state index >= 15 is 0 Å². The van der Waals surface area contributed by atoms with Gasteiger partial charge in [-0.25, -0.2) is 0 Å².